The van der Waals surface area contributed by atoms with Gasteiger partial charge in [-0.2, -0.15) is 0 Å². The molecule has 0 radical (unpaired) electrons. The summed E-state index contributed by atoms with van der Waals surface area (Å²) in [6.45, 7) is 1.67. The van der Waals surface area contributed by atoms with Crippen LogP contribution in [0.15, 0.2) is 54.7 Å². The van der Waals surface area contributed by atoms with Crippen LogP contribution in [0.5, 0.6) is 11.5 Å². The number of halogens is 3. The summed E-state index contributed by atoms with van der Waals surface area (Å²) >= 11 is 12.1. The van der Waals surface area contributed by atoms with Gasteiger partial charge in [0.1, 0.15) is 17.1 Å². The lowest BCUT2D eigenvalue weighted by atomic mass is 10.2. The lowest BCUT2D eigenvalue weighted by molar-refractivity contribution is 0.0944. The van der Waals surface area contributed by atoms with Gasteiger partial charge in [-0.3, -0.25) is 9.20 Å². The highest BCUT2D eigenvalue weighted by atomic mass is 35.5. The van der Waals surface area contributed by atoms with Crippen LogP contribution in [0.2, 0.25) is 10.0 Å². The molecule has 158 valence electrons. The summed E-state index contributed by atoms with van der Waals surface area (Å²) < 4.78 is 22.4. The van der Waals surface area contributed by atoms with Gasteiger partial charge in [0, 0.05) is 35.1 Å². The number of nitrogens with zero attached hydrogens (tertiary/aromatic N) is 2. The molecular formula is C22H17Cl2FN4O2. The van der Waals surface area contributed by atoms with Crippen molar-refractivity contribution >= 4 is 40.4 Å². The van der Waals surface area contributed by atoms with Crippen LogP contribution in [0, 0.1) is 12.7 Å². The minimum absolute atomic E-state index is 0.0729. The summed E-state index contributed by atoms with van der Waals surface area (Å²) in [7, 11) is 0. The second kappa shape index (κ2) is 8.45. The molecule has 0 spiro atoms. The second-order valence-electron chi connectivity index (χ2n) is 6.83. The van der Waals surface area contributed by atoms with Crippen molar-refractivity contribution in [2.45, 2.75) is 13.5 Å². The molecule has 2 heterocycles. The molecule has 0 aliphatic carbocycles. The molecule has 0 unspecified atom stereocenters. The predicted molar refractivity (Wildman–Crippen MR) is 118 cm³/mol. The maximum atomic E-state index is 15.1. The number of hydrogen-bond acceptors (Lipinski definition) is 4. The molecular weight excluding hydrogens is 442 g/mol. The van der Waals surface area contributed by atoms with Gasteiger partial charge < -0.3 is 15.8 Å². The number of nitrogens with two attached hydrogens (primary N) is 1. The third-order valence-corrected chi connectivity index (χ3v) is 5.12. The fraction of sp³-hybridized carbons (Fsp3) is 0.0909. The van der Waals surface area contributed by atoms with Gasteiger partial charge in [-0.15, -0.1) is 0 Å². The SMILES string of the molecule is Cc1nc2ccccn2c1C(=O)NCc1ccc(Cl)c(Oc2cc(N)cc(Cl)c2)c1F. The van der Waals surface area contributed by atoms with Gasteiger partial charge in [-0.05, 0) is 37.3 Å². The molecule has 0 aliphatic heterocycles. The smallest absolute Gasteiger partial charge is 0.270 e. The predicted octanol–water partition coefficient (Wildman–Crippen LogP) is 5.39. The second-order valence-corrected chi connectivity index (χ2v) is 7.67. The minimum atomic E-state index is -0.693. The number of rotatable bonds is 5. The Kier molecular flexibility index (Phi) is 5.71. The number of fused-ring (bicyclic) bond motifs is 1. The van der Waals surface area contributed by atoms with Crippen molar-refractivity contribution in [3.8, 4) is 11.5 Å². The van der Waals surface area contributed by atoms with Crippen LogP contribution in [0.25, 0.3) is 5.65 Å². The summed E-state index contributed by atoms with van der Waals surface area (Å²) in [6, 6.07) is 13.0. The highest BCUT2D eigenvalue weighted by Crippen LogP contribution is 2.35. The molecule has 0 aliphatic rings. The van der Waals surface area contributed by atoms with Crippen LogP contribution in [-0.4, -0.2) is 15.3 Å². The quantitative estimate of drug-likeness (QED) is 0.392. The van der Waals surface area contributed by atoms with E-state index >= 15 is 4.39 Å². The molecule has 0 atom stereocenters. The Balaban J connectivity index is 1.57. The molecule has 9 heteroatoms. The molecule has 0 saturated carbocycles. The number of anilines is 1. The van der Waals surface area contributed by atoms with Gasteiger partial charge in [-0.1, -0.05) is 35.3 Å². The van der Waals surface area contributed by atoms with Gasteiger partial charge in [0.15, 0.2) is 11.6 Å². The number of nitrogens with one attached hydrogen (secondary N) is 1. The molecule has 0 saturated heterocycles. The fourth-order valence-corrected chi connectivity index (χ4v) is 3.63. The van der Waals surface area contributed by atoms with Gasteiger partial charge in [0.25, 0.3) is 5.91 Å². The number of carbonyl (C=O) groups is 1. The molecule has 4 rings (SSSR count). The van der Waals surface area contributed by atoms with E-state index in [-0.39, 0.29) is 34.5 Å². The summed E-state index contributed by atoms with van der Waals surface area (Å²) in [5.41, 5.74) is 7.93. The average molecular weight is 459 g/mol. The number of carbonyl (C=O) groups excluding carboxylic acids is 1. The van der Waals surface area contributed by atoms with E-state index in [2.05, 4.69) is 10.3 Å². The zero-order valence-corrected chi connectivity index (χ0v) is 17.8. The van der Waals surface area contributed by atoms with Crippen molar-refractivity contribution < 1.29 is 13.9 Å². The first-order valence-corrected chi connectivity index (χ1v) is 10.0. The minimum Gasteiger partial charge on any atom is -0.453 e. The normalized spacial score (nSPS) is 11.0. The van der Waals surface area contributed by atoms with Crippen molar-refractivity contribution in [2.75, 3.05) is 5.73 Å². The monoisotopic (exact) mass is 458 g/mol. The Bertz CT molecular complexity index is 1290. The summed E-state index contributed by atoms with van der Waals surface area (Å²) in [4.78, 5) is 17.1. The third kappa shape index (κ3) is 4.28. The molecule has 0 bridgehead atoms. The Morgan fingerprint density at radius 1 is 1.23 bits per heavy atom. The largest absolute Gasteiger partial charge is 0.453 e. The zero-order chi connectivity index (χ0) is 22.1. The topological polar surface area (TPSA) is 81.7 Å². The van der Waals surface area contributed by atoms with Crippen LogP contribution in [-0.2, 0) is 6.54 Å². The van der Waals surface area contributed by atoms with Crippen molar-refractivity contribution in [3.05, 3.63) is 87.5 Å². The van der Waals surface area contributed by atoms with Gasteiger partial charge in [0.2, 0.25) is 0 Å². The summed E-state index contributed by atoms with van der Waals surface area (Å²) in [5.74, 6) is -1.01. The highest BCUT2D eigenvalue weighted by molar-refractivity contribution is 6.32. The van der Waals surface area contributed by atoms with Crippen molar-refractivity contribution in [1.29, 1.82) is 0 Å². The van der Waals surface area contributed by atoms with Crippen molar-refractivity contribution in [2.24, 2.45) is 0 Å². The number of hydrogen-bond donors (Lipinski definition) is 2. The molecule has 2 aromatic carbocycles. The van der Waals surface area contributed by atoms with Crippen LogP contribution in [0.4, 0.5) is 10.1 Å². The highest BCUT2D eigenvalue weighted by Gasteiger charge is 2.19. The average Bonchev–Trinajstić information content (AvgIpc) is 3.05. The molecule has 2 aromatic heterocycles. The van der Waals surface area contributed by atoms with Crippen molar-refractivity contribution in [1.82, 2.24) is 14.7 Å². The van der Waals surface area contributed by atoms with Crippen LogP contribution in [0.3, 0.4) is 0 Å². The lowest BCUT2D eigenvalue weighted by Gasteiger charge is -2.13. The van der Waals surface area contributed by atoms with Crippen molar-refractivity contribution in [3.63, 3.8) is 0 Å². The number of aromatic nitrogens is 2. The Morgan fingerprint density at radius 3 is 2.81 bits per heavy atom. The number of amides is 1. The fourth-order valence-electron chi connectivity index (χ4n) is 3.21. The number of aryl methyl sites for hydroxylation is 1. The number of pyridine rings is 1. The molecule has 6 nitrogen and oxygen atoms in total. The standard InChI is InChI=1S/C22H17Cl2FN4O2/c1-12-20(29-7-3-2-4-18(29)28-12)22(30)27-11-13-5-6-17(24)21(19(13)25)31-16-9-14(23)8-15(26)10-16/h2-10H,11,26H2,1H3,(H,27,30). The maximum absolute atomic E-state index is 15.1. The molecule has 4 aromatic rings. The zero-order valence-electron chi connectivity index (χ0n) is 16.3. The number of benzene rings is 2. The Morgan fingerprint density at radius 2 is 2.03 bits per heavy atom. The van der Waals surface area contributed by atoms with E-state index in [4.69, 9.17) is 33.7 Å². The lowest BCUT2D eigenvalue weighted by Crippen LogP contribution is -2.25. The summed E-state index contributed by atoms with van der Waals surface area (Å²) in [6.07, 6.45) is 1.75. The third-order valence-electron chi connectivity index (χ3n) is 4.60. The maximum Gasteiger partial charge on any atom is 0.270 e. The van der Waals surface area contributed by atoms with E-state index in [0.29, 0.717) is 27.7 Å². The van der Waals surface area contributed by atoms with Crippen LogP contribution >= 0.6 is 23.2 Å². The van der Waals surface area contributed by atoms with Gasteiger partial charge in [-0.25, -0.2) is 9.37 Å². The van der Waals surface area contributed by atoms with E-state index < -0.39 is 5.82 Å². The number of nitrogen functional groups attached to an aromatic ring is 1. The number of imidazole rings is 1. The van der Waals surface area contributed by atoms with Crippen LogP contribution < -0.4 is 15.8 Å². The first-order chi connectivity index (χ1) is 14.8. The van der Waals surface area contributed by atoms with E-state index in [9.17, 15) is 4.79 Å². The van der Waals surface area contributed by atoms with Crippen LogP contribution in [0.1, 0.15) is 21.7 Å². The Hall–Kier alpha value is -3.29. The van der Waals surface area contributed by atoms with E-state index in [1.165, 1.54) is 24.3 Å². The molecule has 1 amide bonds. The molecule has 31 heavy (non-hydrogen) atoms. The first-order valence-electron chi connectivity index (χ1n) is 9.26. The Labute approximate surface area is 187 Å². The van der Waals surface area contributed by atoms with Gasteiger partial charge in [0.05, 0.1) is 10.7 Å². The summed E-state index contributed by atoms with van der Waals surface area (Å²) in [5, 5.41) is 3.14. The van der Waals surface area contributed by atoms with E-state index in [1.54, 1.807) is 35.7 Å². The first kappa shape index (κ1) is 21.0. The van der Waals surface area contributed by atoms with E-state index in [1.807, 2.05) is 6.07 Å². The number of ether oxygens (including phenoxy) is 1. The van der Waals surface area contributed by atoms with E-state index in [0.717, 1.165) is 0 Å². The van der Waals surface area contributed by atoms with Gasteiger partial charge >= 0.3 is 0 Å². The molecule has 0 fully saturated rings. The molecule has 3 N–H and O–H groups in total.